The lowest BCUT2D eigenvalue weighted by molar-refractivity contribution is -0.385. The normalized spacial score (nSPS) is 18.0. The monoisotopic (exact) mass is 366 g/mol. The standard InChI is InChI=1S/C11H14N2O8S2/c1-22(17,18)12-5-7(6-21-23(2,19)20)8-3-10(13(15)16)11(14)4-9(8)12/h3-4,7,14H,5-6H2,1-2H3. The van der Waals surface area contributed by atoms with E-state index >= 15 is 0 Å². The Labute approximate surface area is 132 Å². The topological polar surface area (TPSA) is 144 Å². The van der Waals surface area contributed by atoms with Gasteiger partial charge >= 0.3 is 5.69 Å². The van der Waals surface area contributed by atoms with E-state index in [0.717, 1.165) is 28.9 Å². The second-order valence-electron chi connectivity index (χ2n) is 5.14. The number of nitrogens with zero attached hydrogens (tertiary/aromatic N) is 2. The lowest BCUT2D eigenvalue weighted by atomic mass is 10.0. The number of phenols is 1. The lowest BCUT2D eigenvalue weighted by Gasteiger charge is -2.16. The number of nitro groups is 1. The van der Waals surface area contributed by atoms with Gasteiger partial charge in [0.05, 0.1) is 29.7 Å². The highest BCUT2D eigenvalue weighted by molar-refractivity contribution is 7.92. The molecule has 0 aliphatic carbocycles. The van der Waals surface area contributed by atoms with E-state index in [1.807, 2.05) is 0 Å². The molecule has 128 valence electrons. The number of hydrogen-bond donors (Lipinski definition) is 1. The number of phenolic OH excluding ortho intramolecular Hbond substituents is 1. The number of benzene rings is 1. The predicted octanol–water partition coefficient (Wildman–Crippen LogP) is 0.140. The number of fused-ring (bicyclic) bond motifs is 1. The Morgan fingerprint density at radius 3 is 2.43 bits per heavy atom. The number of anilines is 1. The van der Waals surface area contributed by atoms with Crippen LogP contribution in [0.4, 0.5) is 11.4 Å². The molecule has 10 nitrogen and oxygen atoms in total. The van der Waals surface area contributed by atoms with Crippen LogP contribution >= 0.6 is 0 Å². The van der Waals surface area contributed by atoms with Crippen LogP contribution in [0.15, 0.2) is 12.1 Å². The van der Waals surface area contributed by atoms with Crippen molar-refractivity contribution in [3.05, 3.63) is 27.8 Å². The van der Waals surface area contributed by atoms with Gasteiger partial charge in [0, 0.05) is 24.6 Å². The van der Waals surface area contributed by atoms with Crippen LogP contribution in [0.1, 0.15) is 11.5 Å². The molecule has 0 bridgehead atoms. The number of aromatic hydroxyl groups is 1. The summed E-state index contributed by atoms with van der Waals surface area (Å²) in [5.41, 5.74) is -0.301. The first-order valence-corrected chi connectivity index (χ1v) is 9.90. The van der Waals surface area contributed by atoms with Gasteiger partial charge < -0.3 is 5.11 Å². The molecule has 1 N–H and O–H groups in total. The van der Waals surface area contributed by atoms with Crippen LogP contribution in [0.3, 0.4) is 0 Å². The molecule has 0 spiro atoms. The molecule has 0 aromatic heterocycles. The van der Waals surface area contributed by atoms with E-state index in [0.29, 0.717) is 0 Å². The average molecular weight is 366 g/mol. The van der Waals surface area contributed by atoms with Crippen LogP contribution in [0, 0.1) is 10.1 Å². The summed E-state index contributed by atoms with van der Waals surface area (Å²) in [6, 6.07) is 2.01. The molecule has 23 heavy (non-hydrogen) atoms. The zero-order valence-electron chi connectivity index (χ0n) is 12.2. The summed E-state index contributed by atoms with van der Waals surface area (Å²) in [5, 5.41) is 20.6. The molecule has 0 amide bonds. The van der Waals surface area contributed by atoms with E-state index in [2.05, 4.69) is 4.18 Å². The summed E-state index contributed by atoms with van der Waals surface area (Å²) >= 11 is 0. The molecule has 1 aliphatic rings. The van der Waals surface area contributed by atoms with Gasteiger partial charge in [0.1, 0.15) is 0 Å². The minimum atomic E-state index is -3.75. The van der Waals surface area contributed by atoms with Crippen molar-refractivity contribution in [2.75, 3.05) is 30.0 Å². The summed E-state index contributed by atoms with van der Waals surface area (Å²) in [6.45, 7) is -0.496. The quantitative estimate of drug-likeness (QED) is 0.440. The van der Waals surface area contributed by atoms with Gasteiger partial charge in [-0.2, -0.15) is 8.42 Å². The molecule has 1 aromatic carbocycles. The minimum Gasteiger partial charge on any atom is -0.502 e. The first kappa shape index (κ1) is 17.4. The Morgan fingerprint density at radius 2 is 1.96 bits per heavy atom. The number of nitro benzene ring substituents is 1. The maximum absolute atomic E-state index is 11.8. The smallest absolute Gasteiger partial charge is 0.311 e. The fraction of sp³-hybridized carbons (Fsp3) is 0.455. The van der Waals surface area contributed by atoms with Crippen LogP contribution in [0.5, 0.6) is 5.75 Å². The van der Waals surface area contributed by atoms with E-state index in [4.69, 9.17) is 0 Å². The maximum atomic E-state index is 11.8. The van der Waals surface area contributed by atoms with Crippen molar-refractivity contribution in [3.63, 3.8) is 0 Å². The highest BCUT2D eigenvalue weighted by Gasteiger charge is 2.37. The van der Waals surface area contributed by atoms with Gasteiger partial charge in [0.25, 0.3) is 10.1 Å². The molecule has 1 aromatic rings. The second-order valence-corrected chi connectivity index (χ2v) is 8.69. The molecule has 0 radical (unpaired) electrons. The Morgan fingerprint density at radius 1 is 1.35 bits per heavy atom. The van der Waals surface area contributed by atoms with Crippen LogP contribution in [-0.2, 0) is 24.3 Å². The average Bonchev–Trinajstić information content (AvgIpc) is 2.71. The highest BCUT2D eigenvalue weighted by atomic mass is 32.2. The molecule has 2 rings (SSSR count). The van der Waals surface area contributed by atoms with Crippen LogP contribution in [0.25, 0.3) is 0 Å². The third-order valence-electron chi connectivity index (χ3n) is 3.30. The van der Waals surface area contributed by atoms with Crippen LogP contribution in [0.2, 0.25) is 0 Å². The largest absolute Gasteiger partial charge is 0.502 e. The van der Waals surface area contributed by atoms with Crippen molar-refractivity contribution in [2.24, 2.45) is 0 Å². The Bertz CT molecular complexity index is 862. The molecule has 0 saturated carbocycles. The molecule has 0 saturated heterocycles. The highest BCUT2D eigenvalue weighted by Crippen LogP contribution is 2.43. The van der Waals surface area contributed by atoms with Gasteiger partial charge in [-0.1, -0.05) is 0 Å². The minimum absolute atomic E-state index is 0.0673. The Hall–Kier alpha value is -1.92. The Kier molecular flexibility index (Phi) is 4.26. The van der Waals surface area contributed by atoms with E-state index in [1.54, 1.807) is 0 Å². The lowest BCUT2D eigenvalue weighted by Crippen LogP contribution is -2.29. The fourth-order valence-corrected chi connectivity index (χ4v) is 3.71. The zero-order valence-corrected chi connectivity index (χ0v) is 13.8. The fourth-order valence-electron chi connectivity index (χ4n) is 2.33. The maximum Gasteiger partial charge on any atom is 0.311 e. The van der Waals surface area contributed by atoms with Crippen molar-refractivity contribution in [2.45, 2.75) is 5.92 Å². The molecule has 1 heterocycles. The third-order valence-corrected chi connectivity index (χ3v) is 5.01. The van der Waals surface area contributed by atoms with Crippen molar-refractivity contribution in [1.29, 1.82) is 0 Å². The summed E-state index contributed by atoms with van der Waals surface area (Å²) in [4.78, 5) is 10.1. The second kappa shape index (κ2) is 5.62. The molecule has 1 atom stereocenters. The molecule has 1 unspecified atom stereocenters. The molecular weight excluding hydrogens is 352 g/mol. The first-order valence-electron chi connectivity index (χ1n) is 6.23. The number of hydrogen-bond acceptors (Lipinski definition) is 8. The van der Waals surface area contributed by atoms with Crippen molar-refractivity contribution in [3.8, 4) is 5.75 Å². The van der Waals surface area contributed by atoms with Gasteiger partial charge in [-0.25, -0.2) is 8.42 Å². The number of sulfonamides is 1. The SMILES string of the molecule is CS(=O)(=O)OCC1CN(S(C)(=O)=O)c2cc(O)c([N+](=O)[O-])cc21. The zero-order chi connectivity index (χ0) is 17.6. The van der Waals surface area contributed by atoms with Crippen molar-refractivity contribution in [1.82, 2.24) is 0 Å². The number of rotatable bonds is 5. The van der Waals surface area contributed by atoms with E-state index < -0.39 is 42.4 Å². The van der Waals surface area contributed by atoms with Gasteiger partial charge in [-0.3, -0.25) is 18.6 Å². The summed E-state index contributed by atoms with van der Waals surface area (Å²) in [5.74, 6) is -1.39. The third kappa shape index (κ3) is 3.71. The van der Waals surface area contributed by atoms with Crippen molar-refractivity contribution < 1.29 is 31.0 Å². The van der Waals surface area contributed by atoms with E-state index in [9.17, 15) is 32.1 Å². The molecular formula is C11H14N2O8S2. The molecule has 12 heteroatoms. The van der Waals surface area contributed by atoms with Crippen molar-refractivity contribution >= 4 is 31.5 Å². The molecule has 0 fully saturated rings. The predicted molar refractivity (Wildman–Crippen MR) is 80.5 cm³/mol. The first-order chi connectivity index (χ1) is 10.4. The van der Waals surface area contributed by atoms with Crippen LogP contribution in [-0.4, -0.2) is 52.5 Å². The van der Waals surface area contributed by atoms with Gasteiger partial charge in [0.2, 0.25) is 10.0 Å². The van der Waals surface area contributed by atoms with E-state index in [-0.39, 0.29) is 24.4 Å². The van der Waals surface area contributed by atoms with E-state index in [1.165, 1.54) is 0 Å². The summed E-state index contributed by atoms with van der Waals surface area (Å²) < 4.78 is 51.5. The van der Waals surface area contributed by atoms with Gasteiger partial charge in [-0.15, -0.1) is 0 Å². The van der Waals surface area contributed by atoms with Gasteiger partial charge in [-0.05, 0) is 5.56 Å². The summed E-state index contributed by atoms with van der Waals surface area (Å²) in [6.07, 6.45) is 1.78. The van der Waals surface area contributed by atoms with Crippen LogP contribution < -0.4 is 4.31 Å². The molecule has 1 aliphatic heterocycles. The summed E-state index contributed by atoms with van der Waals surface area (Å²) in [7, 11) is -7.46. The Balaban J connectivity index is 2.52. The van der Waals surface area contributed by atoms with Gasteiger partial charge in [0.15, 0.2) is 5.75 Å².